The highest BCUT2D eigenvalue weighted by Gasteiger charge is 2.35. The van der Waals surface area contributed by atoms with Gasteiger partial charge in [-0.1, -0.05) is 64.6 Å². The van der Waals surface area contributed by atoms with E-state index in [-0.39, 0.29) is 0 Å². The van der Waals surface area contributed by atoms with Crippen LogP contribution in [0.15, 0.2) is 54.6 Å². The standard InChI is InChI=1S/C14H10Cl4N2O/c15-10-6-8-11(9-7-10)19-13(21)20(14(16,17)18)12-4-2-1-3-5-12/h1-9H,(H,19,21). The third kappa shape index (κ3) is 4.42. The molecular formula is C14H10Cl4N2O. The Bertz CT molecular complexity index is 611. The number of anilines is 2. The fraction of sp³-hybridized carbons (Fsp3) is 0.0714. The van der Waals surface area contributed by atoms with Crippen molar-refractivity contribution in [3.63, 3.8) is 0 Å². The molecule has 2 rings (SSSR count). The Morgan fingerprint density at radius 1 is 0.952 bits per heavy atom. The maximum absolute atomic E-state index is 12.4. The van der Waals surface area contributed by atoms with Gasteiger partial charge in [0, 0.05) is 16.4 Å². The molecule has 0 aliphatic heterocycles. The number of nitrogens with zero attached hydrogens (tertiary/aromatic N) is 1. The summed E-state index contributed by atoms with van der Waals surface area (Å²) in [4.78, 5) is 13.4. The Morgan fingerprint density at radius 3 is 2.05 bits per heavy atom. The van der Waals surface area contributed by atoms with Crippen molar-refractivity contribution in [3.05, 3.63) is 59.6 Å². The van der Waals surface area contributed by atoms with E-state index in [0.29, 0.717) is 16.4 Å². The van der Waals surface area contributed by atoms with Gasteiger partial charge in [-0.3, -0.25) is 0 Å². The second-order valence-electron chi connectivity index (χ2n) is 4.08. The molecule has 2 amide bonds. The molecule has 0 saturated heterocycles. The van der Waals surface area contributed by atoms with Crippen LogP contribution in [0.25, 0.3) is 0 Å². The van der Waals surface area contributed by atoms with E-state index >= 15 is 0 Å². The molecule has 0 atom stereocenters. The summed E-state index contributed by atoms with van der Waals surface area (Å²) in [5, 5.41) is 3.21. The van der Waals surface area contributed by atoms with E-state index in [4.69, 9.17) is 46.4 Å². The Kier molecular flexibility index (Phi) is 5.22. The maximum Gasteiger partial charge on any atom is 0.329 e. The summed E-state index contributed by atoms with van der Waals surface area (Å²) in [6, 6.07) is 14.7. The lowest BCUT2D eigenvalue weighted by atomic mass is 10.3. The number of carbonyl (C=O) groups excluding carboxylic acids is 1. The van der Waals surface area contributed by atoms with Crippen LogP contribution in [0.5, 0.6) is 0 Å². The van der Waals surface area contributed by atoms with Crippen molar-refractivity contribution in [2.24, 2.45) is 0 Å². The molecule has 0 saturated carbocycles. The Hall–Kier alpha value is -1.13. The van der Waals surface area contributed by atoms with Gasteiger partial charge in [-0.15, -0.1) is 0 Å². The van der Waals surface area contributed by atoms with Gasteiger partial charge in [0.15, 0.2) is 0 Å². The Balaban J connectivity index is 2.25. The molecule has 0 fully saturated rings. The molecule has 2 aromatic carbocycles. The van der Waals surface area contributed by atoms with E-state index in [1.807, 2.05) is 0 Å². The minimum atomic E-state index is -1.92. The lowest BCUT2D eigenvalue weighted by molar-refractivity contribution is 0.257. The van der Waals surface area contributed by atoms with Gasteiger partial charge >= 0.3 is 6.03 Å². The Morgan fingerprint density at radius 2 is 1.52 bits per heavy atom. The highest BCUT2D eigenvalue weighted by molar-refractivity contribution is 6.69. The summed E-state index contributed by atoms with van der Waals surface area (Å²) in [5.41, 5.74) is 1.00. The largest absolute Gasteiger partial charge is 0.329 e. The first kappa shape index (κ1) is 16.2. The molecular weight excluding hydrogens is 354 g/mol. The number of hydrogen-bond donors (Lipinski definition) is 1. The highest BCUT2D eigenvalue weighted by Crippen LogP contribution is 2.35. The van der Waals surface area contributed by atoms with Crippen molar-refractivity contribution < 1.29 is 4.79 Å². The topological polar surface area (TPSA) is 32.3 Å². The number of carbonyl (C=O) groups is 1. The second kappa shape index (κ2) is 6.75. The molecule has 0 aromatic heterocycles. The number of rotatable bonds is 2. The molecule has 0 aliphatic rings. The maximum atomic E-state index is 12.4. The third-order valence-corrected chi connectivity index (χ3v) is 3.33. The third-order valence-electron chi connectivity index (χ3n) is 2.57. The van der Waals surface area contributed by atoms with Crippen LogP contribution in [0.1, 0.15) is 0 Å². The van der Waals surface area contributed by atoms with Crippen molar-refractivity contribution in [1.82, 2.24) is 0 Å². The number of para-hydroxylation sites is 1. The fourth-order valence-electron chi connectivity index (χ4n) is 1.67. The molecule has 0 aliphatic carbocycles. The highest BCUT2D eigenvalue weighted by atomic mass is 35.6. The zero-order valence-corrected chi connectivity index (χ0v) is 13.6. The summed E-state index contributed by atoms with van der Waals surface area (Å²) in [5.74, 6) is 0. The van der Waals surface area contributed by atoms with Crippen molar-refractivity contribution >= 4 is 63.8 Å². The first-order valence-corrected chi connectivity index (χ1v) is 7.37. The Labute approximate surface area is 142 Å². The molecule has 0 bridgehead atoms. The van der Waals surface area contributed by atoms with E-state index in [1.54, 1.807) is 54.6 Å². The molecule has 110 valence electrons. The smallest absolute Gasteiger partial charge is 0.307 e. The molecule has 0 unspecified atom stereocenters. The fourth-order valence-corrected chi connectivity index (χ4v) is 2.32. The van der Waals surface area contributed by atoms with Gasteiger partial charge in [0.1, 0.15) is 0 Å². The zero-order chi connectivity index (χ0) is 15.5. The number of nitrogens with one attached hydrogen (secondary N) is 1. The van der Waals surface area contributed by atoms with Crippen LogP contribution in [0, 0.1) is 0 Å². The minimum Gasteiger partial charge on any atom is -0.307 e. The summed E-state index contributed by atoms with van der Waals surface area (Å²) >= 11 is 23.5. The molecule has 2 aromatic rings. The number of benzene rings is 2. The van der Waals surface area contributed by atoms with Crippen LogP contribution in [0.4, 0.5) is 16.2 Å². The molecule has 1 N–H and O–H groups in total. The first-order chi connectivity index (χ1) is 9.88. The van der Waals surface area contributed by atoms with Gasteiger partial charge < -0.3 is 5.32 Å². The van der Waals surface area contributed by atoms with E-state index in [9.17, 15) is 4.79 Å². The van der Waals surface area contributed by atoms with Gasteiger partial charge in [0.2, 0.25) is 0 Å². The lowest BCUT2D eigenvalue weighted by Crippen LogP contribution is -2.43. The number of amides is 2. The summed E-state index contributed by atoms with van der Waals surface area (Å²) < 4.78 is -1.92. The SMILES string of the molecule is O=C(Nc1ccc(Cl)cc1)N(c1ccccc1)C(Cl)(Cl)Cl. The number of alkyl halides is 3. The second-order valence-corrected chi connectivity index (χ2v) is 6.73. The van der Waals surface area contributed by atoms with Gasteiger partial charge in [-0.25, -0.2) is 9.69 Å². The van der Waals surface area contributed by atoms with Gasteiger partial charge in [0.25, 0.3) is 3.92 Å². The molecule has 7 heteroatoms. The van der Waals surface area contributed by atoms with Gasteiger partial charge in [-0.2, -0.15) is 0 Å². The summed E-state index contributed by atoms with van der Waals surface area (Å²) in [7, 11) is 0. The predicted molar refractivity (Wildman–Crippen MR) is 89.7 cm³/mol. The average molecular weight is 364 g/mol. The van der Waals surface area contributed by atoms with Crippen molar-refractivity contribution in [1.29, 1.82) is 0 Å². The van der Waals surface area contributed by atoms with E-state index in [0.717, 1.165) is 4.90 Å². The van der Waals surface area contributed by atoms with E-state index in [1.165, 1.54) is 0 Å². The molecule has 0 radical (unpaired) electrons. The van der Waals surface area contributed by atoms with Crippen LogP contribution in [0.3, 0.4) is 0 Å². The van der Waals surface area contributed by atoms with Crippen molar-refractivity contribution in [2.45, 2.75) is 3.92 Å². The van der Waals surface area contributed by atoms with Gasteiger partial charge in [-0.05, 0) is 36.4 Å². The quantitative estimate of drug-likeness (QED) is 0.538. The van der Waals surface area contributed by atoms with Gasteiger partial charge in [0.05, 0.1) is 0 Å². The molecule has 0 spiro atoms. The van der Waals surface area contributed by atoms with E-state index < -0.39 is 9.95 Å². The lowest BCUT2D eigenvalue weighted by Gasteiger charge is -2.29. The van der Waals surface area contributed by atoms with Crippen molar-refractivity contribution in [2.75, 3.05) is 10.2 Å². The molecule has 3 nitrogen and oxygen atoms in total. The van der Waals surface area contributed by atoms with Crippen LogP contribution >= 0.6 is 46.4 Å². The normalized spacial score (nSPS) is 11.0. The monoisotopic (exact) mass is 362 g/mol. The first-order valence-electron chi connectivity index (χ1n) is 5.86. The van der Waals surface area contributed by atoms with Crippen LogP contribution in [-0.2, 0) is 0 Å². The van der Waals surface area contributed by atoms with Crippen molar-refractivity contribution in [3.8, 4) is 0 Å². The number of hydrogen-bond acceptors (Lipinski definition) is 1. The minimum absolute atomic E-state index is 0.462. The number of halogens is 4. The molecule has 0 heterocycles. The zero-order valence-electron chi connectivity index (χ0n) is 10.6. The number of urea groups is 1. The van der Waals surface area contributed by atoms with Crippen LogP contribution in [-0.4, -0.2) is 9.95 Å². The average Bonchev–Trinajstić information content (AvgIpc) is 2.41. The summed E-state index contributed by atoms with van der Waals surface area (Å²) in [6.07, 6.45) is 0. The molecule has 21 heavy (non-hydrogen) atoms. The van der Waals surface area contributed by atoms with E-state index in [2.05, 4.69) is 5.32 Å². The van der Waals surface area contributed by atoms with Crippen LogP contribution in [0.2, 0.25) is 5.02 Å². The summed E-state index contributed by atoms with van der Waals surface area (Å²) in [6.45, 7) is 0. The predicted octanol–water partition coefficient (Wildman–Crippen LogP) is 5.71. The van der Waals surface area contributed by atoms with Crippen LogP contribution < -0.4 is 10.2 Å².